The Morgan fingerprint density at radius 2 is 1.55 bits per heavy atom. The second-order valence-electron chi connectivity index (χ2n) is 7.81. The number of benzene rings is 2. The molecule has 1 amide bonds. The second kappa shape index (κ2) is 16.3. The summed E-state index contributed by atoms with van der Waals surface area (Å²) in [4.78, 5) is 15.5. The van der Waals surface area contributed by atoms with E-state index >= 15 is 0 Å². The Morgan fingerprint density at radius 1 is 0.970 bits per heavy atom. The average molecular weight is 466 g/mol. The summed E-state index contributed by atoms with van der Waals surface area (Å²) < 4.78 is 25.6. The molecule has 1 heterocycles. The van der Waals surface area contributed by atoms with Crippen LogP contribution < -0.4 is 5.48 Å². The zero-order valence-electron chi connectivity index (χ0n) is 19.9. The number of hydroxylamine groups is 1. The fraction of sp³-hybridized carbons (Fsp3) is 0.480. The van der Waals surface area contributed by atoms with E-state index < -0.39 is 5.91 Å². The van der Waals surface area contributed by atoms with Crippen molar-refractivity contribution in [2.24, 2.45) is 0 Å². The van der Waals surface area contributed by atoms with Gasteiger partial charge in [-0.15, -0.1) is 0 Å². The fourth-order valence-corrected chi connectivity index (χ4v) is 3.49. The van der Waals surface area contributed by atoms with Crippen molar-refractivity contribution >= 4 is 5.91 Å². The van der Waals surface area contributed by atoms with Gasteiger partial charge in [0.2, 0.25) is 5.91 Å². The molecule has 33 heavy (non-hydrogen) atoms. The van der Waals surface area contributed by atoms with E-state index in [0.717, 1.165) is 57.5 Å². The van der Waals surface area contributed by atoms with E-state index in [-0.39, 0.29) is 18.1 Å². The molecule has 1 fully saturated rings. The van der Waals surface area contributed by atoms with Crippen molar-refractivity contribution < 1.29 is 23.9 Å². The molecule has 184 valence electrons. The van der Waals surface area contributed by atoms with E-state index in [1.54, 1.807) is 23.7 Å². The van der Waals surface area contributed by atoms with Crippen LogP contribution in [0.1, 0.15) is 36.5 Å². The van der Waals surface area contributed by atoms with Crippen LogP contribution in [0.15, 0.2) is 42.5 Å². The van der Waals surface area contributed by atoms with Gasteiger partial charge in [-0.05, 0) is 61.2 Å². The van der Waals surface area contributed by atoms with Gasteiger partial charge in [0.25, 0.3) is 0 Å². The molecular weight excluding hydrogens is 428 g/mol. The molecule has 0 unspecified atom stereocenters. The molecule has 0 aromatic heterocycles. The van der Waals surface area contributed by atoms with E-state index in [4.69, 9.17) is 10.3 Å². The minimum Gasteiger partial charge on any atom is -0.400 e. The van der Waals surface area contributed by atoms with Gasteiger partial charge in [-0.3, -0.25) is 14.9 Å². The first kappa shape index (κ1) is 28.6. The first-order chi connectivity index (χ1) is 15.9. The summed E-state index contributed by atoms with van der Waals surface area (Å²) in [7, 11) is 1.00. The molecule has 6 nitrogen and oxygen atoms in total. The predicted octanol–water partition coefficient (Wildman–Crippen LogP) is 3.53. The SMILES string of the molecule is CCN1CCN(Cc2ccc(F)c(C)c2)CC1.CO.O=C(CCCc1ccc(F)cc1)NO. The highest BCUT2D eigenvalue weighted by Crippen LogP contribution is 2.13. The van der Waals surface area contributed by atoms with Crippen LogP contribution in [0.4, 0.5) is 8.78 Å². The lowest BCUT2D eigenvalue weighted by Crippen LogP contribution is -2.45. The number of nitrogens with zero attached hydrogens (tertiary/aromatic N) is 2. The van der Waals surface area contributed by atoms with Gasteiger partial charge >= 0.3 is 0 Å². The molecule has 3 N–H and O–H groups in total. The van der Waals surface area contributed by atoms with Crippen LogP contribution in [0.2, 0.25) is 0 Å². The van der Waals surface area contributed by atoms with E-state index in [9.17, 15) is 13.6 Å². The predicted molar refractivity (Wildman–Crippen MR) is 126 cm³/mol. The number of hydrogen-bond acceptors (Lipinski definition) is 5. The molecule has 2 aromatic rings. The van der Waals surface area contributed by atoms with Gasteiger partial charge < -0.3 is 10.0 Å². The van der Waals surface area contributed by atoms with Gasteiger partial charge in [-0.25, -0.2) is 14.3 Å². The topological polar surface area (TPSA) is 76.0 Å². The van der Waals surface area contributed by atoms with Crippen molar-refractivity contribution in [3.63, 3.8) is 0 Å². The van der Waals surface area contributed by atoms with Crippen molar-refractivity contribution in [2.75, 3.05) is 39.8 Å². The highest BCUT2D eigenvalue weighted by Gasteiger charge is 2.15. The van der Waals surface area contributed by atoms with Crippen molar-refractivity contribution in [1.82, 2.24) is 15.3 Å². The summed E-state index contributed by atoms with van der Waals surface area (Å²) in [6.07, 6.45) is 1.61. The van der Waals surface area contributed by atoms with E-state index in [0.29, 0.717) is 12.8 Å². The number of likely N-dealkylation sites (N-methyl/N-ethyl adjacent to an activating group) is 1. The number of nitrogens with one attached hydrogen (secondary N) is 1. The van der Waals surface area contributed by atoms with Crippen LogP contribution in [0.25, 0.3) is 0 Å². The van der Waals surface area contributed by atoms with Crippen LogP contribution >= 0.6 is 0 Å². The van der Waals surface area contributed by atoms with Crippen molar-refractivity contribution in [2.45, 2.75) is 39.7 Å². The van der Waals surface area contributed by atoms with Gasteiger partial charge in [0.1, 0.15) is 11.6 Å². The van der Waals surface area contributed by atoms with E-state index in [1.807, 2.05) is 19.1 Å². The summed E-state index contributed by atoms with van der Waals surface area (Å²) in [6, 6.07) is 11.6. The van der Waals surface area contributed by atoms with Crippen LogP contribution in [0.5, 0.6) is 0 Å². The maximum absolute atomic E-state index is 13.2. The number of hydrogen-bond donors (Lipinski definition) is 3. The highest BCUT2D eigenvalue weighted by molar-refractivity contribution is 5.74. The number of piperazine rings is 1. The Labute approximate surface area is 195 Å². The molecule has 1 aliphatic rings. The highest BCUT2D eigenvalue weighted by atomic mass is 19.1. The summed E-state index contributed by atoms with van der Waals surface area (Å²) in [5, 5.41) is 15.2. The van der Waals surface area contributed by atoms with Gasteiger partial charge in [-0.2, -0.15) is 0 Å². The third kappa shape index (κ3) is 11.3. The third-order valence-electron chi connectivity index (χ3n) is 5.45. The molecule has 0 saturated carbocycles. The van der Waals surface area contributed by atoms with Gasteiger partial charge in [0.05, 0.1) is 0 Å². The molecule has 3 rings (SSSR count). The van der Waals surface area contributed by atoms with Gasteiger partial charge in [0.15, 0.2) is 0 Å². The van der Waals surface area contributed by atoms with Crippen LogP contribution in [0, 0.1) is 18.6 Å². The Morgan fingerprint density at radius 3 is 2.09 bits per heavy atom. The molecule has 1 saturated heterocycles. The molecule has 0 atom stereocenters. The largest absolute Gasteiger partial charge is 0.400 e. The Hall–Kier alpha value is -2.39. The smallest absolute Gasteiger partial charge is 0.243 e. The Kier molecular flexibility index (Phi) is 14.1. The summed E-state index contributed by atoms with van der Waals surface area (Å²) in [5.41, 5.74) is 4.51. The minimum absolute atomic E-state index is 0.107. The lowest BCUT2D eigenvalue weighted by atomic mass is 10.1. The Balaban J connectivity index is 0.000000313. The van der Waals surface area contributed by atoms with Crippen molar-refractivity contribution in [3.05, 3.63) is 70.8 Å². The molecule has 8 heteroatoms. The number of amides is 1. The molecule has 0 bridgehead atoms. The van der Waals surface area contributed by atoms with E-state index in [2.05, 4.69) is 16.7 Å². The lowest BCUT2D eigenvalue weighted by Gasteiger charge is -2.34. The number of carbonyl (C=O) groups excluding carboxylic acids is 1. The zero-order chi connectivity index (χ0) is 24.6. The summed E-state index contributed by atoms with van der Waals surface area (Å²) in [5.74, 6) is -0.765. The van der Waals surface area contributed by atoms with Gasteiger partial charge in [0, 0.05) is 46.3 Å². The normalized spacial score (nSPS) is 13.9. The molecule has 0 radical (unpaired) electrons. The number of carbonyl (C=O) groups is 1. The number of rotatable bonds is 7. The third-order valence-corrected chi connectivity index (χ3v) is 5.45. The van der Waals surface area contributed by atoms with Crippen molar-refractivity contribution in [3.8, 4) is 0 Å². The minimum atomic E-state index is -0.396. The Bertz CT molecular complexity index is 811. The quantitative estimate of drug-likeness (QED) is 0.431. The van der Waals surface area contributed by atoms with Crippen LogP contribution in [-0.2, 0) is 17.8 Å². The second-order valence-corrected chi connectivity index (χ2v) is 7.81. The maximum atomic E-state index is 13.2. The average Bonchev–Trinajstić information content (AvgIpc) is 2.85. The summed E-state index contributed by atoms with van der Waals surface area (Å²) >= 11 is 0. The monoisotopic (exact) mass is 465 g/mol. The van der Waals surface area contributed by atoms with Crippen LogP contribution in [0.3, 0.4) is 0 Å². The number of aliphatic hydroxyl groups is 1. The first-order valence-corrected chi connectivity index (χ1v) is 11.2. The fourth-order valence-electron chi connectivity index (χ4n) is 3.49. The van der Waals surface area contributed by atoms with Crippen molar-refractivity contribution in [1.29, 1.82) is 0 Å². The summed E-state index contributed by atoms with van der Waals surface area (Å²) in [6.45, 7) is 10.6. The molecule has 0 aliphatic carbocycles. The molecular formula is C25H37F2N3O3. The maximum Gasteiger partial charge on any atom is 0.243 e. The molecule has 0 spiro atoms. The van der Waals surface area contributed by atoms with E-state index in [1.165, 1.54) is 17.7 Å². The number of halogens is 2. The van der Waals surface area contributed by atoms with Gasteiger partial charge in [-0.1, -0.05) is 31.2 Å². The van der Waals surface area contributed by atoms with Crippen LogP contribution in [-0.4, -0.2) is 65.9 Å². The molecule has 2 aromatic carbocycles. The first-order valence-electron chi connectivity index (χ1n) is 11.2. The number of aryl methyl sites for hydroxylation is 2. The number of aliphatic hydroxyl groups excluding tert-OH is 1. The standard InChI is InChI=1S/C14H21FN2.C10H12FNO2.CH4O/c1-3-16-6-8-17(9-7-16)11-13-4-5-14(15)12(2)10-13;11-9-6-4-8(5-7-9)2-1-3-10(13)12-14;1-2/h4-5,10H,3,6-9,11H2,1-2H3;4-7,14H,1-3H2,(H,12,13);2H,1H3. The molecule has 1 aliphatic heterocycles. The zero-order valence-corrected chi connectivity index (χ0v) is 19.9. The lowest BCUT2D eigenvalue weighted by molar-refractivity contribution is -0.129.